The van der Waals surface area contributed by atoms with Crippen molar-refractivity contribution in [3.8, 4) is 0 Å². The maximum atomic E-state index is 10.3. The molecule has 0 aliphatic carbocycles. The van der Waals surface area contributed by atoms with Crippen molar-refractivity contribution >= 4 is 10.4 Å². The van der Waals surface area contributed by atoms with Gasteiger partial charge in [0.15, 0.2) is 0 Å². The lowest BCUT2D eigenvalue weighted by Gasteiger charge is -2.10. The largest absolute Gasteiger partial charge is 0.397 e. The molecule has 1 atom stereocenters. The van der Waals surface area contributed by atoms with Gasteiger partial charge in [0.1, 0.15) is 0 Å². The third-order valence-electron chi connectivity index (χ3n) is 2.62. The molecule has 0 spiro atoms. The molecule has 0 saturated carbocycles. The highest BCUT2D eigenvalue weighted by Gasteiger charge is 2.05. The third kappa shape index (κ3) is 11.9. The fourth-order valence-corrected chi connectivity index (χ4v) is 1.99. The van der Waals surface area contributed by atoms with E-state index in [1.54, 1.807) is 0 Å². The summed E-state index contributed by atoms with van der Waals surface area (Å²) in [5.41, 5.74) is 0. The maximum absolute atomic E-state index is 10.3. The molecule has 0 aromatic heterocycles. The fraction of sp³-hybridized carbons (Fsp3) is 1.00. The monoisotopic (exact) mass is 252 g/mol. The molecule has 0 rings (SSSR count). The average molecular weight is 252 g/mol. The van der Waals surface area contributed by atoms with Gasteiger partial charge in [-0.15, -0.1) is 0 Å². The van der Waals surface area contributed by atoms with Crippen LogP contribution in [0.3, 0.4) is 0 Å². The molecule has 1 unspecified atom stereocenters. The van der Waals surface area contributed by atoms with Crippen LogP contribution < -0.4 is 0 Å². The van der Waals surface area contributed by atoms with Crippen molar-refractivity contribution in [3.63, 3.8) is 0 Å². The molecule has 1 N–H and O–H groups in total. The Morgan fingerprint density at radius 1 is 1.12 bits per heavy atom. The molecule has 0 fully saturated rings. The molecular formula is C11H24O4S. The van der Waals surface area contributed by atoms with Crippen LogP contribution >= 0.6 is 0 Å². The average Bonchev–Trinajstić information content (AvgIpc) is 2.18. The zero-order valence-electron chi connectivity index (χ0n) is 10.3. The van der Waals surface area contributed by atoms with E-state index >= 15 is 0 Å². The summed E-state index contributed by atoms with van der Waals surface area (Å²) in [6.45, 7) is 4.44. The van der Waals surface area contributed by atoms with Crippen molar-refractivity contribution in [2.75, 3.05) is 6.61 Å². The van der Waals surface area contributed by atoms with E-state index in [-0.39, 0.29) is 6.61 Å². The van der Waals surface area contributed by atoms with E-state index in [4.69, 9.17) is 4.55 Å². The highest BCUT2D eigenvalue weighted by molar-refractivity contribution is 7.80. The second-order valence-electron chi connectivity index (χ2n) is 4.35. The number of hydrogen-bond donors (Lipinski definition) is 1. The van der Waals surface area contributed by atoms with Gasteiger partial charge in [-0.3, -0.25) is 4.55 Å². The number of unbranched alkanes of at least 4 members (excludes halogenated alkanes) is 3. The molecular weight excluding hydrogens is 228 g/mol. The van der Waals surface area contributed by atoms with Crippen molar-refractivity contribution in [1.82, 2.24) is 0 Å². The van der Waals surface area contributed by atoms with Gasteiger partial charge < -0.3 is 0 Å². The van der Waals surface area contributed by atoms with Crippen LogP contribution in [-0.2, 0) is 14.6 Å². The Morgan fingerprint density at radius 2 is 1.75 bits per heavy atom. The number of hydrogen-bond acceptors (Lipinski definition) is 3. The third-order valence-corrected chi connectivity index (χ3v) is 3.09. The fourth-order valence-electron chi connectivity index (χ4n) is 1.66. The molecule has 0 saturated heterocycles. The lowest BCUT2D eigenvalue weighted by molar-refractivity contribution is 0.254. The van der Waals surface area contributed by atoms with Crippen LogP contribution in [0.4, 0.5) is 0 Å². The predicted molar refractivity (Wildman–Crippen MR) is 64.7 cm³/mol. The zero-order chi connectivity index (χ0) is 12.4. The lowest BCUT2D eigenvalue weighted by atomic mass is 9.98. The first-order valence-corrected chi connectivity index (χ1v) is 7.44. The van der Waals surface area contributed by atoms with Crippen molar-refractivity contribution < 1.29 is 17.2 Å². The minimum absolute atomic E-state index is 0.0815. The Bertz CT molecular complexity index is 249. The minimum atomic E-state index is -4.25. The molecule has 5 heteroatoms. The van der Waals surface area contributed by atoms with E-state index in [0.29, 0.717) is 12.3 Å². The van der Waals surface area contributed by atoms with Crippen LogP contribution in [0.5, 0.6) is 0 Å². The van der Waals surface area contributed by atoms with Gasteiger partial charge in [0.25, 0.3) is 0 Å². The Kier molecular flexibility index (Phi) is 8.89. The van der Waals surface area contributed by atoms with Crippen LogP contribution in [0.1, 0.15) is 58.8 Å². The Hall–Kier alpha value is -0.130. The van der Waals surface area contributed by atoms with Gasteiger partial charge in [-0.05, 0) is 18.8 Å². The van der Waals surface area contributed by atoms with Crippen LogP contribution in [0.15, 0.2) is 0 Å². The second-order valence-corrected chi connectivity index (χ2v) is 5.44. The van der Waals surface area contributed by atoms with Gasteiger partial charge in [-0.25, -0.2) is 4.18 Å². The summed E-state index contributed by atoms with van der Waals surface area (Å²) >= 11 is 0. The molecule has 0 heterocycles. The highest BCUT2D eigenvalue weighted by Crippen LogP contribution is 2.15. The van der Waals surface area contributed by atoms with E-state index in [1.807, 2.05) is 0 Å². The first-order valence-electron chi connectivity index (χ1n) is 6.07. The summed E-state index contributed by atoms with van der Waals surface area (Å²) in [4.78, 5) is 0. The molecule has 0 radical (unpaired) electrons. The maximum Gasteiger partial charge on any atom is 0.397 e. The van der Waals surface area contributed by atoms with Crippen molar-refractivity contribution in [3.05, 3.63) is 0 Å². The van der Waals surface area contributed by atoms with Crippen LogP contribution in [0, 0.1) is 5.92 Å². The van der Waals surface area contributed by atoms with Crippen molar-refractivity contribution in [2.45, 2.75) is 58.8 Å². The molecule has 0 aromatic rings. The molecule has 0 bridgehead atoms. The smallest absolute Gasteiger partial charge is 0.264 e. The Balaban J connectivity index is 3.33. The molecule has 0 aromatic carbocycles. The summed E-state index contributed by atoms with van der Waals surface area (Å²) in [6.07, 6.45) is 7.87. The molecule has 16 heavy (non-hydrogen) atoms. The summed E-state index contributed by atoms with van der Waals surface area (Å²) in [6, 6.07) is 0. The van der Waals surface area contributed by atoms with E-state index in [1.165, 1.54) is 32.1 Å². The molecule has 0 amide bonds. The zero-order valence-corrected chi connectivity index (χ0v) is 11.1. The Morgan fingerprint density at radius 3 is 2.31 bits per heavy atom. The SMILES string of the molecule is CCCCCCC(C)CCCOS(=O)(=O)O. The number of rotatable bonds is 10. The van der Waals surface area contributed by atoms with Gasteiger partial charge in [0, 0.05) is 0 Å². The van der Waals surface area contributed by atoms with E-state index < -0.39 is 10.4 Å². The van der Waals surface area contributed by atoms with Crippen LogP contribution in [0.2, 0.25) is 0 Å². The second kappa shape index (κ2) is 8.96. The van der Waals surface area contributed by atoms with Gasteiger partial charge in [0.2, 0.25) is 0 Å². The van der Waals surface area contributed by atoms with Gasteiger partial charge in [-0.1, -0.05) is 46.0 Å². The first kappa shape index (κ1) is 15.9. The van der Waals surface area contributed by atoms with E-state index in [2.05, 4.69) is 18.0 Å². The summed E-state index contributed by atoms with van der Waals surface area (Å²) in [5, 5.41) is 0. The molecule has 4 nitrogen and oxygen atoms in total. The minimum Gasteiger partial charge on any atom is -0.264 e. The molecule has 0 aliphatic heterocycles. The van der Waals surface area contributed by atoms with Crippen LogP contribution in [-0.4, -0.2) is 19.6 Å². The summed E-state index contributed by atoms with van der Waals surface area (Å²) < 4.78 is 33.1. The van der Waals surface area contributed by atoms with Crippen LogP contribution in [0.25, 0.3) is 0 Å². The highest BCUT2D eigenvalue weighted by atomic mass is 32.3. The lowest BCUT2D eigenvalue weighted by Crippen LogP contribution is -2.06. The van der Waals surface area contributed by atoms with Crippen molar-refractivity contribution in [2.24, 2.45) is 5.92 Å². The predicted octanol–water partition coefficient (Wildman–Crippen LogP) is 3.19. The standard InChI is InChI=1S/C11H24O4S/c1-3-4-5-6-8-11(2)9-7-10-15-16(12,13)14/h11H,3-10H2,1-2H3,(H,12,13,14). The summed E-state index contributed by atoms with van der Waals surface area (Å²) in [5.74, 6) is 0.599. The quantitative estimate of drug-likeness (QED) is 0.479. The molecule has 0 aliphatic rings. The Labute approximate surface area is 99.3 Å². The van der Waals surface area contributed by atoms with Crippen molar-refractivity contribution in [1.29, 1.82) is 0 Å². The first-order chi connectivity index (χ1) is 7.45. The van der Waals surface area contributed by atoms with E-state index in [9.17, 15) is 8.42 Å². The van der Waals surface area contributed by atoms with E-state index in [0.717, 1.165) is 6.42 Å². The van der Waals surface area contributed by atoms with Gasteiger partial charge >= 0.3 is 10.4 Å². The molecule has 98 valence electrons. The normalized spacial score (nSPS) is 13.9. The topological polar surface area (TPSA) is 63.6 Å². The summed E-state index contributed by atoms with van der Waals surface area (Å²) in [7, 11) is -4.25. The van der Waals surface area contributed by atoms with Gasteiger partial charge in [0.05, 0.1) is 6.61 Å². The van der Waals surface area contributed by atoms with Gasteiger partial charge in [-0.2, -0.15) is 8.42 Å².